The molecule has 0 aliphatic heterocycles. The Labute approximate surface area is 121 Å². The highest BCUT2D eigenvalue weighted by Gasteiger charge is 2.03. The molecule has 0 aliphatic rings. The zero-order valence-electron chi connectivity index (χ0n) is 10.00. The lowest BCUT2D eigenvalue weighted by atomic mass is 10.3. The molecule has 1 N–H and O–H groups in total. The number of hydrogen-bond donors (Lipinski definition) is 1. The first-order chi connectivity index (χ1) is 9.16. The molecule has 100 valence electrons. The molecule has 2 aromatic carbocycles. The number of benzene rings is 2. The molecule has 0 unspecified atom stereocenters. The molecule has 0 saturated carbocycles. The van der Waals surface area contributed by atoms with Crippen molar-refractivity contribution in [3.63, 3.8) is 0 Å². The number of halogens is 3. The van der Waals surface area contributed by atoms with Crippen molar-refractivity contribution in [3.8, 4) is 5.75 Å². The largest absolute Gasteiger partial charge is 0.490 e. The topological polar surface area (TPSA) is 21.3 Å². The highest BCUT2D eigenvalue weighted by Crippen LogP contribution is 2.27. The Balaban J connectivity index is 1.84. The summed E-state index contributed by atoms with van der Waals surface area (Å²) in [7, 11) is 0. The number of hydrogen-bond acceptors (Lipinski definition) is 2. The van der Waals surface area contributed by atoms with Crippen LogP contribution in [0.2, 0.25) is 10.0 Å². The van der Waals surface area contributed by atoms with E-state index >= 15 is 0 Å². The van der Waals surface area contributed by atoms with Gasteiger partial charge in [-0.25, -0.2) is 4.39 Å². The third kappa shape index (κ3) is 4.01. The fourth-order valence-electron chi connectivity index (χ4n) is 1.54. The lowest BCUT2D eigenvalue weighted by Gasteiger charge is -2.10. The SMILES string of the molecule is Fc1ccccc1NCCOc1cc(Cl)ccc1Cl. The van der Waals surface area contributed by atoms with Gasteiger partial charge in [0.1, 0.15) is 18.2 Å². The first kappa shape index (κ1) is 14.0. The monoisotopic (exact) mass is 299 g/mol. The van der Waals surface area contributed by atoms with Gasteiger partial charge in [-0.05, 0) is 24.3 Å². The number of ether oxygens (including phenoxy) is 1. The number of para-hydroxylation sites is 1. The smallest absolute Gasteiger partial charge is 0.146 e. The molecule has 2 nitrogen and oxygen atoms in total. The second kappa shape index (κ2) is 6.64. The molecule has 19 heavy (non-hydrogen) atoms. The van der Waals surface area contributed by atoms with Crippen molar-refractivity contribution < 1.29 is 9.13 Å². The maximum atomic E-state index is 13.3. The number of rotatable bonds is 5. The summed E-state index contributed by atoms with van der Waals surface area (Å²) in [5, 5.41) is 3.99. The van der Waals surface area contributed by atoms with Gasteiger partial charge in [-0.2, -0.15) is 0 Å². The van der Waals surface area contributed by atoms with Crippen molar-refractivity contribution in [3.05, 3.63) is 58.3 Å². The van der Waals surface area contributed by atoms with Crippen LogP contribution in [0.5, 0.6) is 5.75 Å². The van der Waals surface area contributed by atoms with Gasteiger partial charge in [-0.3, -0.25) is 0 Å². The fourth-order valence-corrected chi connectivity index (χ4v) is 1.87. The maximum Gasteiger partial charge on any atom is 0.146 e. The highest BCUT2D eigenvalue weighted by molar-refractivity contribution is 6.34. The molecule has 2 rings (SSSR count). The molecule has 2 aromatic rings. The van der Waals surface area contributed by atoms with Crippen molar-refractivity contribution >= 4 is 28.9 Å². The Bertz CT molecular complexity index is 563. The van der Waals surface area contributed by atoms with Crippen LogP contribution in [0.25, 0.3) is 0 Å². The van der Waals surface area contributed by atoms with Gasteiger partial charge in [0, 0.05) is 17.6 Å². The van der Waals surface area contributed by atoms with Crippen molar-refractivity contribution in [2.45, 2.75) is 0 Å². The summed E-state index contributed by atoms with van der Waals surface area (Å²) in [6.07, 6.45) is 0. The number of nitrogens with one attached hydrogen (secondary N) is 1. The first-order valence-corrected chi connectivity index (χ1v) is 6.48. The predicted molar refractivity (Wildman–Crippen MR) is 76.8 cm³/mol. The van der Waals surface area contributed by atoms with Gasteiger partial charge in [-0.15, -0.1) is 0 Å². The van der Waals surface area contributed by atoms with Crippen molar-refractivity contribution in [2.24, 2.45) is 0 Å². The van der Waals surface area contributed by atoms with E-state index in [9.17, 15) is 4.39 Å². The van der Waals surface area contributed by atoms with Crippen LogP contribution in [0.15, 0.2) is 42.5 Å². The third-order valence-electron chi connectivity index (χ3n) is 2.44. The minimum Gasteiger partial charge on any atom is -0.490 e. The van der Waals surface area contributed by atoms with Gasteiger partial charge >= 0.3 is 0 Å². The van der Waals surface area contributed by atoms with Crippen LogP contribution in [-0.4, -0.2) is 13.2 Å². The van der Waals surface area contributed by atoms with Crippen molar-refractivity contribution in [1.82, 2.24) is 0 Å². The molecule has 0 amide bonds. The predicted octanol–water partition coefficient (Wildman–Crippen LogP) is 4.62. The summed E-state index contributed by atoms with van der Waals surface area (Å²) in [4.78, 5) is 0. The summed E-state index contributed by atoms with van der Waals surface area (Å²) < 4.78 is 18.8. The fraction of sp³-hybridized carbons (Fsp3) is 0.143. The summed E-state index contributed by atoms with van der Waals surface area (Å²) in [5.74, 6) is 0.229. The standard InChI is InChI=1S/C14H12Cl2FNO/c15-10-5-6-11(16)14(9-10)19-8-7-18-13-4-2-1-3-12(13)17/h1-6,9,18H,7-8H2. The van der Waals surface area contributed by atoms with E-state index in [0.717, 1.165) is 0 Å². The average molecular weight is 300 g/mol. The highest BCUT2D eigenvalue weighted by atomic mass is 35.5. The Morgan fingerprint density at radius 3 is 2.68 bits per heavy atom. The molecule has 0 atom stereocenters. The van der Waals surface area contributed by atoms with Crippen LogP contribution >= 0.6 is 23.2 Å². The van der Waals surface area contributed by atoms with E-state index in [4.69, 9.17) is 27.9 Å². The van der Waals surface area contributed by atoms with E-state index < -0.39 is 0 Å². The molecular formula is C14H12Cl2FNO. The van der Waals surface area contributed by atoms with Crippen LogP contribution in [0.4, 0.5) is 10.1 Å². The Morgan fingerprint density at radius 1 is 1.11 bits per heavy atom. The minimum absolute atomic E-state index is 0.289. The van der Waals surface area contributed by atoms with Gasteiger partial charge in [0.25, 0.3) is 0 Å². The van der Waals surface area contributed by atoms with E-state index in [0.29, 0.717) is 34.6 Å². The second-order valence-electron chi connectivity index (χ2n) is 3.83. The van der Waals surface area contributed by atoms with Crippen LogP contribution < -0.4 is 10.1 Å². The Kier molecular flexibility index (Phi) is 4.88. The van der Waals surface area contributed by atoms with E-state index in [-0.39, 0.29) is 5.82 Å². The summed E-state index contributed by atoms with van der Waals surface area (Å²) in [5.41, 5.74) is 0.447. The van der Waals surface area contributed by atoms with Crippen LogP contribution in [0, 0.1) is 5.82 Å². The molecule has 0 spiro atoms. The second-order valence-corrected chi connectivity index (χ2v) is 4.67. The normalized spacial score (nSPS) is 10.3. The van der Waals surface area contributed by atoms with Gasteiger partial charge in [0.2, 0.25) is 0 Å². The Morgan fingerprint density at radius 2 is 1.89 bits per heavy atom. The quantitative estimate of drug-likeness (QED) is 0.813. The molecule has 0 bridgehead atoms. The van der Waals surface area contributed by atoms with Crippen LogP contribution in [0.3, 0.4) is 0 Å². The zero-order valence-corrected chi connectivity index (χ0v) is 11.5. The van der Waals surface area contributed by atoms with Gasteiger partial charge < -0.3 is 10.1 Å². The average Bonchev–Trinajstić information content (AvgIpc) is 2.40. The van der Waals surface area contributed by atoms with E-state index in [1.54, 1.807) is 36.4 Å². The number of anilines is 1. The van der Waals surface area contributed by atoms with Gasteiger partial charge in [0.15, 0.2) is 0 Å². The summed E-state index contributed by atoms with van der Waals surface area (Å²) in [6, 6.07) is 11.5. The third-order valence-corrected chi connectivity index (χ3v) is 2.99. The summed E-state index contributed by atoms with van der Waals surface area (Å²) in [6.45, 7) is 0.818. The summed E-state index contributed by atoms with van der Waals surface area (Å²) >= 11 is 11.8. The van der Waals surface area contributed by atoms with E-state index in [1.807, 2.05) is 0 Å². The molecule has 0 heterocycles. The maximum absolute atomic E-state index is 13.3. The van der Waals surface area contributed by atoms with E-state index in [2.05, 4.69) is 5.32 Å². The first-order valence-electron chi connectivity index (χ1n) is 5.73. The molecule has 0 aromatic heterocycles. The Hall–Kier alpha value is -1.45. The molecule has 0 aliphatic carbocycles. The minimum atomic E-state index is -0.289. The lowest BCUT2D eigenvalue weighted by Crippen LogP contribution is -2.12. The van der Waals surface area contributed by atoms with Crippen molar-refractivity contribution in [1.29, 1.82) is 0 Å². The van der Waals surface area contributed by atoms with Gasteiger partial charge in [-0.1, -0.05) is 35.3 Å². The van der Waals surface area contributed by atoms with Gasteiger partial charge in [0.05, 0.1) is 10.7 Å². The molecule has 0 radical (unpaired) electrons. The molecule has 0 saturated heterocycles. The van der Waals surface area contributed by atoms with E-state index in [1.165, 1.54) is 6.07 Å². The molecule has 5 heteroatoms. The molecule has 0 fully saturated rings. The zero-order chi connectivity index (χ0) is 13.7. The van der Waals surface area contributed by atoms with Crippen LogP contribution in [-0.2, 0) is 0 Å². The van der Waals surface area contributed by atoms with Crippen LogP contribution in [0.1, 0.15) is 0 Å². The van der Waals surface area contributed by atoms with Crippen molar-refractivity contribution in [2.75, 3.05) is 18.5 Å². The molecular weight excluding hydrogens is 288 g/mol. The lowest BCUT2D eigenvalue weighted by molar-refractivity contribution is 0.333.